The van der Waals surface area contributed by atoms with Gasteiger partial charge in [0.25, 0.3) is 0 Å². The van der Waals surface area contributed by atoms with Gasteiger partial charge in [-0.3, -0.25) is 9.79 Å². The van der Waals surface area contributed by atoms with E-state index in [1.165, 1.54) is 4.88 Å². The first-order valence-electron chi connectivity index (χ1n) is 10.6. The molecule has 0 N–H and O–H groups in total. The summed E-state index contributed by atoms with van der Waals surface area (Å²) in [5.41, 5.74) is 0. The van der Waals surface area contributed by atoms with E-state index in [1.807, 2.05) is 35.9 Å². The highest BCUT2D eigenvalue weighted by Crippen LogP contribution is 2.23. The van der Waals surface area contributed by atoms with E-state index < -0.39 is 9.84 Å². The Morgan fingerprint density at radius 3 is 2.53 bits per heavy atom. The van der Waals surface area contributed by atoms with Crippen LogP contribution in [-0.2, 0) is 21.7 Å². The van der Waals surface area contributed by atoms with Crippen molar-refractivity contribution < 1.29 is 13.2 Å². The molecule has 0 spiro atoms. The van der Waals surface area contributed by atoms with E-state index in [0.29, 0.717) is 13.1 Å². The second-order valence-electron chi connectivity index (χ2n) is 8.20. The summed E-state index contributed by atoms with van der Waals surface area (Å²) in [6.45, 7) is 3.31. The van der Waals surface area contributed by atoms with E-state index in [4.69, 9.17) is 4.99 Å². The predicted molar refractivity (Wildman–Crippen MR) is 137 cm³/mol. The summed E-state index contributed by atoms with van der Waals surface area (Å²) in [5.74, 6) is -0.268. The minimum absolute atomic E-state index is 0.00788. The van der Waals surface area contributed by atoms with Crippen LogP contribution in [-0.4, -0.2) is 48.7 Å². The standard InChI is InChI=1S/C23H26IN3O3S2/c1-16-15-26(2)23(31-16)25-20-7-10-27(11-8-20)22(28)9-12-32(29,30)21-6-4-17-13-19(24)5-3-18(17)14-21/h3-6,13-15,20H,7-12H2,1-2H3/b25-23-. The van der Waals surface area contributed by atoms with E-state index >= 15 is 0 Å². The Balaban J connectivity index is 1.35. The number of nitrogens with zero attached hydrogens (tertiary/aromatic N) is 3. The summed E-state index contributed by atoms with van der Waals surface area (Å²) in [6, 6.07) is 11.3. The lowest BCUT2D eigenvalue weighted by Crippen LogP contribution is -2.40. The molecule has 9 heteroatoms. The number of rotatable bonds is 5. The van der Waals surface area contributed by atoms with Gasteiger partial charge in [-0.25, -0.2) is 8.42 Å². The monoisotopic (exact) mass is 583 g/mol. The molecule has 0 saturated carbocycles. The van der Waals surface area contributed by atoms with Crippen LogP contribution in [0, 0.1) is 10.5 Å². The Labute approximate surface area is 206 Å². The predicted octanol–water partition coefficient (Wildman–Crippen LogP) is 3.91. The zero-order valence-electron chi connectivity index (χ0n) is 18.1. The first kappa shape index (κ1) is 23.4. The summed E-state index contributed by atoms with van der Waals surface area (Å²) < 4.78 is 28.8. The van der Waals surface area contributed by atoms with Gasteiger partial charge in [0.05, 0.1) is 16.7 Å². The van der Waals surface area contributed by atoms with Gasteiger partial charge in [0.15, 0.2) is 14.6 Å². The molecule has 0 bridgehead atoms. The smallest absolute Gasteiger partial charge is 0.223 e. The average Bonchev–Trinajstić information content (AvgIpc) is 3.08. The maximum absolute atomic E-state index is 12.8. The van der Waals surface area contributed by atoms with Crippen molar-refractivity contribution in [1.29, 1.82) is 0 Å². The fourth-order valence-electron chi connectivity index (χ4n) is 3.97. The zero-order valence-corrected chi connectivity index (χ0v) is 21.9. The third-order valence-electron chi connectivity index (χ3n) is 5.76. The van der Waals surface area contributed by atoms with E-state index in [-0.39, 0.29) is 29.0 Å². The SMILES string of the molecule is Cc1cn(C)/c(=N/C2CCN(C(=O)CCS(=O)(=O)c3ccc4cc(I)ccc4c3)CC2)s1. The molecule has 3 aromatic rings. The highest BCUT2D eigenvalue weighted by atomic mass is 127. The van der Waals surface area contributed by atoms with Crippen LogP contribution in [0.15, 0.2) is 52.5 Å². The number of hydrogen-bond acceptors (Lipinski definition) is 5. The molecular formula is C23H26IN3O3S2. The van der Waals surface area contributed by atoms with Gasteiger partial charge in [0.2, 0.25) is 5.91 Å². The Hall–Kier alpha value is -1.72. The van der Waals surface area contributed by atoms with Crippen LogP contribution < -0.4 is 4.80 Å². The lowest BCUT2D eigenvalue weighted by molar-refractivity contribution is -0.131. The summed E-state index contributed by atoms with van der Waals surface area (Å²) in [6.07, 6.45) is 3.69. The summed E-state index contributed by atoms with van der Waals surface area (Å²) in [4.78, 5) is 21.8. The average molecular weight is 584 g/mol. The molecule has 0 unspecified atom stereocenters. The van der Waals surface area contributed by atoms with Crippen molar-refractivity contribution in [1.82, 2.24) is 9.47 Å². The molecule has 32 heavy (non-hydrogen) atoms. The van der Waals surface area contributed by atoms with Crippen molar-refractivity contribution in [3.8, 4) is 0 Å². The Morgan fingerprint density at radius 1 is 1.16 bits per heavy atom. The molecule has 0 aliphatic carbocycles. The Morgan fingerprint density at radius 2 is 1.84 bits per heavy atom. The highest BCUT2D eigenvalue weighted by Gasteiger charge is 2.24. The van der Waals surface area contributed by atoms with Gasteiger partial charge in [0.1, 0.15) is 0 Å². The zero-order chi connectivity index (χ0) is 22.9. The lowest BCUT2D eigenvalue weighted by atomic mass is 10.1. The Bertz CT molecular complexity index is 1320. The fourth-order valence-corrected chi connectivity index (χ4v) is 6.65. The van der Waals surface area contributed by atoms with Crippen molar-refractivity contribution in [2.24, 2.45) is 12.0 Å². The van der Waals surface area contributed by atoms with Crippen LogP contribution in [0.1, 0.15) is 24.1 Å². The van der Waals surface area contributed by atoms with Crippen LogP contribution >= 0.6 is 33.9 Å². The molecule has 1 saturated heterocycles. The number of aryl methyl sites for hydroxylation is 2. The molecule has 6 nitrogen and oxygen atoms in total. The van der Waals surface area contributed by atoms with Crippen LogP contribution in [0.3, 0.4) is 0 Å². The van der Waals surface area contributed by atoms with Crippen LogP contribution in [0.4, 0.5) is 0 Å². The van der Waals surface area contributed by atoms with Crippen LogP contribution in [0.25, 0.3) is 10.8 Å². The maximum Gasteiger partial charge on any atom is 0.223 e. The number of likely N-dealkylation sites (tertiary alicyclic amines) is 1. The van der Waals surface area contributed by atoms with Crippen LogP contribution in [0.5, 0.6) is 0 Å². The second kappa shape index (κ2) is 9.64. The third-order valence-corrected chi connectivity index (χ3v) is 9.15. The molecule has 1 amide bonds. The van der Waals surface area contributed by atoms with Crippen LogP contribution in [0.2, 0.25) is 0 Å². The molecule has 1 aromatic heterocycles. The quantitative estimate of drug-likeness (QED) is 0.428. The molecule has 1 aliphatic heterocycles. The number of piperidine rings is 1. The van der Waals surface area contributed by atoms with E-state index in [9.17, 15) is 13.2 Å². The van der Waals surface area contributed by atoms with Crippen molar-refractivity contribution in [3.05, 3.63) is 55.8 Å². The van der Waals surface area contributed by atoms with Gasteiger partial charge in [-0.2, -0.15) is 0 Å². The van der Waals surface area contributed by atoms with E-state index in [1.54, 1.807) is 28.4 Å². The Kier molecular flexibility index (Phi) is 7.06. The number of carbonyl (C=O) groups is 1. The van der Waals surface area contributed by atoms with Gasteiger partial charge < -0.3 is 9.47 Å². The van der Waals surface area contributed by atoms with Gasteiger partial charge in [-0.1, -0.05) is 12.1 Å². The number of fused-ring (bicyclic) bond motifs is 1. The summed E-state index contributed by atoms with van der Waals surface area (Å²) in [7, 11) is -1.52. The van der Waals surface area contributed by atoms with Gasteiger partial charge in [0, 0.05) is 41.2 Å². The number of carbonyl (C=O) groups excluding carboxylic acids is 1. The summed E-state index contributed by atoms with van der Waals surface area (Å²) >= 11 is 3.91. The molecule has 0 atom stereocenters. The molecule has 2 heterocycles. The number of benzene rings is 2. The van der Waals surface area contributed by atoms with Crippen molar-refractivity contribution >= 4 is 60.4 Å². The van der Waals surface area contributed by atoms with Gasteiger partial charge in [-0.05, 0) is 77.4 Å². The largest absolute Gasteiger partial charge is 0.343 e. The number of halogens is 1. The first-order valence-corrected chi connectivity index (χ1v) is 14.1. The molecular weight excluding hydrogens is 557 g/mol. The second-order valence-corrected chi connectivity index (χ2v) is 12.8. The molecule has 1 aliphatic rings. The topological polar surface area (TPSA) is 71.7 Å². The molecule has 170 valence electrons. The van der Waals surface area contributed by atoms with Crippen molar-refractivity contribution in [2.45, 2.75) is 37.1 Å². The van der Waals surface area contributed by atoms with Gasteiger partial charge >= 0.3 is 0 Å². The fraction of sp³-hybridized carbons (Fsp3) is 0.391. The molecule has 4 rings (SSSR count). The number of thiazole rings is 1. The number of sulfone groups is 1. The number of hydrogen-bond donors (Lipinski definition) is 0. The number of amides is 1. The van der Waals surface area contributed by atoms with E-state index in [0.717, 1.165) is 32.0 Å². The van der Waals surface area contributed by atoms with Crippen molar-refractivity contribution in [3.63, 3.8) is 0 Å². The molecule has 1 fully saturated rings. The first-order chi connectivity index (χ1) is 15.2. The van der Waals surface area contributed by atoms with E-state index in [2.05, 4.69) is 35.7 Å². The van der Waals surface area contributed by atoms with Crippen molar-refractivity contribution in [2.75, 3.05) is 18.8 Å². The lowest BCUT2D eigenvalue weighted by Gasteiger charge is -2.30. The molecule has 2 aromatic carbocycles. The minimum atomic E-state index is -3.52. The minimum Gasteiger partial charge on any atom is -0.343 e. The number of aromatic nitrogens is 1. The maximum atomic E-state index is 12.8. The highest BCUT2D eigenvalue weighted by molar-refractivity contribution is 14.1. The summed E-state index contributed by atoms with van der Waals surface area (Å²) in [5, 5.41) is 1.89. The normalized spacial score (nSPS) is 16.1. The molecule has 0 radical (unpaired) electrons. The third kappa shape index (κ3) is 5.43. The van der Waals surface area contributed by atoms with Gasteiger partial charge in [-0.15, -0.1) is 11.3 Å².